The number of nitrogens with zero attached hydrogens (tertiary/aromatic N) is 3. The first-order valence-corrected chi connectivity index (χ1v) is 11.4. The summed E-state index contributed by atoms with van der Waals surface area (Å²) in [5.41, 5.74) is 2.29. The fraction of sp³-hybridized carbons (Fsp3) is 0.346. The highest BCUT2D eigenvalue weighted by Gasteiger charge is 2.29. The van der Waals surface area contributed by atoms with Crippen LogP contribution < -0.4 is 5.32 Å². The van der Waals surface area contributed by atoms with Crippen LogP contribution in [0.5, 0.6) is 0 Å². The molecule has 0 aliphatic carbocycles. The molecule has 1 aliphatic heterocycles. The van der Waals surface area contributed by atoms with Crippen LogP contribution in [0, 0.1) is 0 Å². The molecule has 172 valence electrons. The molecule has 3 heterocycles. The van der Waals surface area contributed by atoms with Crippen LogP contribution in [-0.4, -0.2) is 52.3 Å². The van der Waals surface area contributed by atoms with Crippen molar-refractivity contribution in [3.05, 3.63) is 84.1 Å². The summed E-state index contributed by atoms with van der Waals surface area (Å²) in [7, 11) is 0. The van der Waals surface area contributed by atoms with E-state index in [4.69, 9.17) is 4.42 Å². The van der Waals surface area contributed by atoms with Crippen LogP contribution in [0.2, 0.25) is 0 Å². The number of amides is 2. The molecule has 1 fully saturated rings. The zero-order valence-electron chi connectivity index (χ0n) is 18.9. The van der Waals surface area contributed by atoms with Crippen LogP contribution in [0.25, 0.3) is 0 Å². The number of benzene rings is 1. The third-order valence-corrected chi connectivity index (χ3v) is 6.10. The predicted molar refractivity (Wildman–Crippen MR) is 127 cm³/mol. The van der Waals surface area contributed by atoms with Gasteiger partial charge in [-0.2, -0.15) is 0 Å². The fourth-order valence-electron chi connectivity index (χ4n) is 4.22. The van der Waals surface area contributed by atoms with Gasteiger partial charge < -0.3 is 19.5 Å². The maximum absolute atomic E-state index is 13.3. The summed E-state index contributed by atoms with van der Waals surface area (Å²) in [6.07, 6.45) is 6.17. The highest BCUT2D eigenvalue weighted by atomic mass is 16.3. The lowest BCUT2D eigenvalue weighted by molar-refractivity contribution is 0.101. The molecule has 0 unspecified atom stereocenters. The lowest BCUT2D eigenvalue weighted by Crippen LogP contribution is -2.48. The standard InChI is InChI=1S/C26H30N4O3/c1-20(31)21-6-4-8-23(18-21)28-26(32)30(19-25-9-5-17-33-25)24-11-15-29(16-12-24)14-10-22-7-2-3-13-27-22/h2-9,13,17-18,24H,10-12,14-16,19H2,1H3,(H,28,32). The Balaban J connectivity index is 1.39. The molecule has 2 amide bonds. The van der Waals surface area contributed by atoms with E-state index in [9.17, 15) is 9.59 Å². The summed E-state index contributed by atoms with van der Waals surface area (Å²) in [5, 5.41) is 2.98. The van der Waals surface area contributed by atoms with Crippen LogP contribution in [0.15, 0.2) is 71.5 Å². The van der Waals surface area contributed by atoms with Crippen molar-refractivity contribution in [2.24, 2.45) is 0 Å². The number of nitrogens with one attached hydrogen (secondary N) is 1. The molecule has 2 aromatic heterocycles. The van der Waals surface area contributed by atoms with Crippen LogP contribution in [0.4, 0.5) is 10.5 Å². The minimum absolute atomic E-state index is 0.0309. The summed E-state index contributed by atoms with van der Waals surface area (Å²) in [4.78, 5) is 33.7. The van der Waals surface area contributed by atoms with E-state index in [1.165, 1.54) is 6.92 Å². The molecule has 1 aromatic carbocycles. The Morgan fingerprint density at radius 3 is 2.67 bits per heavy atom. The topological polar surface area (TPSA) is 78.7 Å². The van der Waals surface area contributed by atoms with Gasteiger partial charge in [-0.3, -0.25) is 9.78 Å². The average molecular weight is 447 g/mol. The van der Waals surface area contributed by atoms with Gasteiger partial charge in [-0.25, -0.2) is 4.79 Å². The molecular formula is C26H30N4O3. The number of piperidine rings is 1. The Labute approximate surface area is 194 Å². The number of furan rings is 1. The number of rotatable bonds is 8. The number of aromatic nitrogens is 1. The van der Waals surface area contributed by atoms with E-state index >= 15 is 0 Å². The number of Topliss-reactive ketones (excluding diaryl/α,β-unsaturated/α-hetero) is 1. The van der Waals surface area contributed by atoms with E-state index < -0.39 is 0 Å². The van der Waals surface area contributed by atoms with Gasteiger partial charge in [-0.15, -0.1) is 0 Å². The SMILES string of the molecule is CC(=O)c1cccc(NC(=O)N(Cc2ccco2)C2CCN(CCc3ccccn3)CC2)c1. The Bertz CT molecular complexity index is 1040. The summed E-state index contributed by atoms with van der Waals surface area (Å²) >= 11 is 0. The Morgan fingerprint density at radius 2 is 1.97 bits per heavy atom. The summed E-state index contributed by atoms with van der Waals surface area (Å²) < 4.78 is 5.53. The number of hydrogen-bond acceptors (Lipinski definition) is 5. The van der Waals surface area contributed by atoms with E-state index in [0.29, 0.717) is 17.8 Å². The summed E-state index contributed by atoms with van der Waals surface area (Å²) in [6, 6.07) is 16.7. The van der Waals surface area contributed by atoms with Crippen molar-refractivity contribution < 1.29 is 14.0 Å². The smallest absolute Gasteiger partial charge is 0.322 e. The monoisotopic (exact) mass is 446 g/mol. The highest BCUT2D eigenvalue weighted by molar-refractivity contribution is 5.96. The zero-order chi connectivity index (χ0) is 23.0. The third kappa shape index (κ3) is 6.29. The van der Waals surface area contributed by atoms with E-state index in [2.05, 4.69) is 21.3 Å². The first-order valence-electron chi connectivity index (χ1n) is 11.4. The van der Waals surface area contributed by atoms with E-state index in [1.54, 1.807) is 30.5 Å². The van der Waals surface area contributed by atoms with Crippen LogP contribution >= 0.6 is 0 Å². The molecule has 0 bridgehead atoms. The third-order valence-electron chi connectivity index (χ3n) is 6.10. The molecule has 1 saturated heterocycles. The first kappa shape index (κ1) is 22.7. The Kier molecular flexibility index (Phi) is 7.52. The van der Waals surface area contributed by atoms with E-state index in [-0.39, 0.29) is 17.9 Å². The van der Waals surface area contributed by atoms with Crippen molar-refractivity contribution >= 4 is 17.5 Å². The number of urea groups is 1. The van der Waals surface area contributed by atoms with Gasteiger partial charge in [0.05, 0.1) is 12.8 Å². The van der Waals surface area contributed by atoms with Crippen molar-refractivity contribution in [3.63, 3.8) is 0 Å². The van der Waals surface area contributed by atoms with E-state index in [1.807, 2.05) is 35.4 Å². The number of likely N-dealkylation sites (tertiary alicyclic amines) is 1. The molecule has 0 saturated carbocycles. The number of carbonyl (C=O) groups excluding carboxylic acids is 2. The minimum Gasteiger partial charge on any atom is -0.467 e. The number of pyridine rings is 1. The van der Waals surface area contributed by atoms with Crippen LogP contribution in [0.1, 0.15) is 41.6 Å². The fourth-order valence-corrected chi connectivity index (χ4v) is 4.22. The number of hydrogen-bond donors (Lipinski definition) is 1. The Morgan fingerprint density at radius 1 is 1.12 bits per heavy atom. The second-order valence-electron chi connectivity index (χ2n) is 8.42. The molecule has 1 aliphatic rings. The molecule has 33 heavy (non-hydrogen) atoms. The molecule has 0 spiro atoms. The number of carbonyl (C=O) groups is 2. The van der Waals surface area contributed by atoms with Crippen molar-refractivity contribution in [2.45, 2.75) is 38.8 Å². The second kappa shape index (κ2) is 10.9. The van der Waals surface area contributed by atoms with Gasteiger partial charge in [0.25, 0.3) is 0 Å². The highest BCUT2D eigenvalue weighted by Crippen LogP contribution is 2.22. The second-order valence-corrected chi connectivity index (χ2v) is 8.42. The van der Waals surface area contributed by atoms with Crippen LogP contribution in [-0.2, 0) is 13.0 Å². The zero-order valence-corrected chi connectivity index (χ0v) is 18.9. The molecule has 7 heteroatoms. The van der Waals surface area contributed by atoms with Crippen molar-refractivity contribution in [3.8, 4) is 0 Å². The average Bonchev–Trinajstić information content (AvgIpc) is 3.36. The number of ketones is 1. The lowest BCUT2D eigenvalue weighted by Gasteiger charge is -2.38. The van der Waals surface area contributed by atoms with Gasteiger partial charge in [0.1, 0.15) is 5.76 Å². The first-order chi connectivity index (χ1) is 16.1. The van der Waals surface area contributed by atoms with Crippen LogP contribution in [0.3, 0.4) is 0 Å². The van der Waals surface area contributed by atoms with Gasteiger partial charge in [0.15, 0.2) is 5.78 Å². The molecular weight excluding hydrogens is 416 g/mol. The molecule has 3 aromatic rings. The minimum atomic E-state index is -0.181. The van der Waals surface area contributed by atoms with Gasteiger partial charge in [-0.05, 0) is 56.2 Å². The molecule has 7 nitrogen and oxygen atoms in total. The number of anilines is 1. The van der Waals surface area contributed by atoms with Crippen molar-refractivity contribution in [2.75, 3.05) is 25.0 Å². The largest absolute Gasteiger partial charge is 0.467 e. The Hall–Kier alpha value is -3.45. The molecule has 0 radical (unpaired) electrons. The maximum Gasteiger partial charge on any atom is 0.322 e. The maximum atomic E-state index is 13.3. The van der Waals surface area contributed by atoms with E-state index in [0.717, 1.165) is 50.4 Å². The van der Waals surface area contributed by atoms with Crippen molar-refractivity contribution in [1.82, 2.24) is 14.8 Å². The molecule has 0 atom stereocenters. The van der Waals surface area contributed by atoms with Gasteiger partial charge in [0, 0.05) is 55.2 Å². The summed E-state index contributed by atoms with van der Waals surface area (Å²) in [6.45, 7) is 4.75. The van der Waals surface area contributed by atoms with Gasteiger partial charge in [0.2, 0.25) is 0 Å². The van der Waals surface area contributed by atoms with Gasteiger partial charge in [-0.1, -0.05) is 18.2 Å². The van der Waals surface area contributed by atoms with Gasteiger partial charge >= 0.3 is 6.03 Å². The predicted octanol–water partition coefficient (Wildman–Crippen LogP) is 4.62. The normalized spacial score (nSPS) is 14.7. The quantitative estimate of drug-likeness (QED) is 0.511. The lowest BCUT2D eigenvalue weighted by atomic mass is 10.0. The van der Waals surface area contributed by atoms with Crippen molar-refractivity contribution in [1.29, 1.82) is 0 Å². The molecule has 1 N–H and O–H groups in total. The summed E-state index contributed by atoms with van der Waals surface area (Å²) in [5.74, 6) is 0.719. The molecule has 4 rings (SSSR count).